The highest BCUT2D eigenvalue weighted by atomic mass is 32.1. The number of aromatic nitrogens is 1. The summed E-state index contributed by atoms with van der Waals surface area (Å²) in [5, 5.41) is 0. The van der Waals surface area contributed by atoms with E-state index in [1.54, 1.807) is 0 Å². The van der Waals surface area contributed by atoms with Crippen LogP contribution in [-0.4, -0.2) is 36.1 Å². The summed E-state index contributed by atoms with van der Waals surface area (Å²) in [7, 11) is 0. The van der Waals surface area contributed by atoms with Crippen LogP contribution in [0.4, 0.5) is 5.82 Å². The standard InChI is InChI=1S/C15H20N4S/c16-11-13-4-5-14(20-13)12-18-7-9-19(10-8-18)15-3-1-2-6-17-15/h1-6H,7-12,16H2. The quantitative estimate of drug-likeness (QED) is 0.933. The Balaban J connectivity index is 1.53. The molecule has 3 rings (SSSR count). The van der Waals surface area contributed by atoms with Gasteiger partial charge in [-0.1, -0.05) is 6.07 Å². The highest BCUT2D eigenvalue weighted by Gasteiger charge is 2.18. The zero-order valence-electron chi connectivity index (χ0n) is 11.5. The van der Waals surface area contributed by atoms with Crippen molar-refractivity contribution < 1.29 is 0 Å². The summed E-state index contributed by atoms with van der Waals surface area (Å²) >= 11 is 1.83. The van der Waals surface area contributed by atoms with Crippen molar-refractivity contribution in [3.05, 3.63) is 46.3 Å². The van der Waals surface area contributed by atoms with Crippen molar-refractivity contribution >= 4 is 17.2 Å². The zero-order chi connectivity index (χ0) is 13.8. The Kier molecular flexibility index (Phi) is 4.30. The van der Waals surface area contributed by atoms with E-state index in [1.807, 2.05) is 23.6 Å². The lowest BCUT2D eigenvalue weighted by Crippen LogP contribution is -2.46. The van der Waals surface area contributed by atoms with Crippen LogP contribution in [0.1, 0.15) is 9.75 Å². The monoisotopic (exact) mass is 288 g/mol. The Morgan fingerprint density at radius 3 is 2.50 bits per heavy atom. The van der Waals surface area contributed by atoms with Crippen LogP contribution in [0.25, 0.3) is 0 Å². The van der Waals surface area contributed by atoms with E-state index in [0.29, 0.717) is 6.54 Å². The van der Waals surface area contributed by atoms with Crippen LogP contribution in [-0.2, 0) is 13.1 Å². The van der Waals surface area contributed by atoms with Gasteiger partial charge in [0.15, 0.2) is 0 Å². The fourth-order valence-corrected chi connectivity index (χ4v) is 3.45. The summed E-state index contributed by atoms with van der Waals surface area (Å²) in [5.41, 5.74) is 5.66. The first-order valence-corrected chi connectivity index (χ1v) is 7.83. The van der Waals surface area contributed by atoms with E-state index in [2.05, 4.69) is 39.0 Å². The first-order valence-electron chi connectivity index (χ1n) is 7.01. The van der Waals surface area contributed by atoms with Crippen molar-refractivity contribution in [2.24, 2.45) is 5.73 Å². The smallest absolute Gasteiger partial charge is 0.128 e. The van der Waals surface area contributed by atoms with E-state index in [0.717, 1.165) is 38.5 Å². The molecular formula is C15H20N4S. The summed E-state index contributed by atoms with van der Waals surface area (Å²) in [6.07, 6.45) is 1.86. The molecule has 20 heavy (non-hydrogen) atoms. The molecule has 1 saturated heterocycles. The van der Waals surface area contributed by atoms with Gasteiger partial charge in [-0.15, -0.1) is 11.3 Å². The van der Waals surface area contributed by atoms with Gasteiger partial charge < -0.3 is 10.6 Å². The Labute approximate surface area is 123 Å². The molecule has 4 nitrogen and oxygen atoms in total. The summed E-state index contributed by atoms with van der Waals surface area (Å²) in [4.78, 5) is 12.0. The number of nitrogens with zero attached hydrogens (tertiary/aromatic N) is 3. The summed E-state index contributed by atoms with van der Waals surface area (Å²) in [6, 6.07) is 10.4. The van der Waals surface area contributed by atoms with Crippen molar-refractivity contribution in [2.75, 3.05) is 31.1 Å². The highest BCUT2D eigenvalue weighted by Crippen LogP contribution is 2.19. The lowest BCUT2D eigenvalue weighted by atomic mass is 10.3. The largest absolute Gasteiger partial charge is 0.354 e. The lowest BCUT2D eigenvalue weighted by molar-refractivity contribution is 0.251. The molecule has 2 aromatic heterocycles. The Morgan fingerprint density at radius 2 is 1.85 bits per heavy atom. The minimum Gasteiger partial charge on any atom is -0.354 e. The van der Waals surface area contributed by atoms with E-state index >= 15 is 0 Å². The molecule has 0 amide bonds. The molecule has 0 aromatic carbocycles. The van der Waals surface area contributed by atoms with Gasteiger partial charge in [-0.05, 0) is 24.3 Å². The predicted octanol–water partition coefficient (Wildman–Crippen LogP) is 1.92. The number of hydrogen-bond acceptors (Lipinski definition) is 5. The fourth-order valence-electron chi connectivity index (χ4n) is 2.51. The molecule has 3 heterocycles. The lowest BCUT2D eigenvalue weighted by Gasteiger charge is -2.35. The fraction of sp³-hybridized carbons (Fsp3) is 0.400. The Hall–Kier alpha value is -1.43. The molecule has 0 unspecified atom stereocenters. The normalized spacial score (nSPS) is 16.6. The third kappa shape index (κ3) is 3.17. The average Bonchev–Trinajstić information content (AvgIpc) is 2.97. The van der Waals surface area contributed by atoms with Crippen LogP contribution < -0.4 is 10.6 Å². The average molecular weight is 288 g/mol. The highest BCUT2D eigenvalue weighted by molar-refractivity contribution is 7.11. The minimum absolute atomic E-state index is 0.651. The van der Waals surface area contributed by atoms with Crippen LogP contribution in [0, 0.1) is 0 Å². The molecular weight excluding hydrogens is 268 g/mol. The molecule has 0 saturated carbocycles. The molecule has 2 N–H and O–H groups in total. The van der Waals surface area contributed by atoms with Crippen molar-refractivity contribution in [1.29, 1.82) is 0 Å². The number of thiophene rings is 1. The van der Waals surface area contributed by atoms with Gasteiger partial charge in [-0.2, -0.15) is 0 Å². The number of nitrogens with two attached hydrogens (primary N) is 1. The number of anilines is 1. The number of pyridine rings is 1. The van der Waals surface area contributed by atoms with Crippen LogP contribution in [0.2, 0.25) is 0 Å². The van der Waals surface area contributed by atoms with Gasteiger partial charge in [0, 0.05) is 55.2 Å². The van der Waals surface area contributed by atoms with Gasteiger partial charge in [0.2, 0.25) is 0 Å². The molecule has 0 spiro atoms. The van der Waals surface area contributed by atoms with Gasteiger partial charge in [-0.25, -0.2) is 4.98 Å². The maximum Gasteiger partial charge on any atom is 0.128 e. The van der Waals surface area contributed by atoms with Gasteiger partial charge in [0.05, 0.1) is 0 Å². The third-order valence-corrected chi connectivity index (χ3v) is 4.74. The Morgan fingerprint density at radius 1 is 1.05 bits per heavy atom. The van der Waals surface area contributed by atoms with Gasteiger partial charge in [0.25, 0.3) is 0 Å². The zero-order valence-corrected chi connectivity index (χ0v) is 12.4. The van der Waals surface area contributed by atoms with Gasteiger partial charge >= 0.3 is 0 Å². The topological polar surface area (TPSA) is 45.4 Å². The van der Waals surface area contributed by atoms with Crippen molar-refractivity contribution in [3.63, 3.8) is 0 Å². The molecule has 1 fully saturated rings. The van der Waals surface area contributed by atoms with E-state index in [4.69, 9.17) is 5.73 Å². The molecule has 106 valence electrons. The second kappa shape index (κ2) is 6.35. The summed E-state index contributed by atoms with van der Waals surface area (Å²) in [6.45, 7) is 5.97. The van der Waals surface area contributed by atoms with Crippen LogP contribution >= 0.6 is 11.3 Å². The first-order chi connectivity index (χ1) is 9.85. The number of hydrogen-bond donors (Lipinski definition) is 1. The molecule has 0 atom stereocenters. The van der Waals surface area contributed by atoms with Crippen LogP contribution in [0.15, 0.2) is 36.5 Å². The summed E-state index contributed by atoms with van der Waals surface area (Å²) < 4.78 is 0. The molecule has 0 bridgehead atoms. The second-order valence-corrected chi connectivity index (χ2v) is 6.28. The van der Waals surface area contributed by atoms with Gasteiger partial charge in [0.1, 0.15) is 5.82 Å². The van der Waals surface area contributed by atoms with Crippen molar-refractivity contribution in [1.82, 2.24) is 9.88 Å². The number of rotatable bonds is 4. The second-order valence-electron chi connectivity index (χ2n) is 5.02. The molecule has 1 aliphatic heterocycles. The first kappa shape index (κ1) is 13.5. The maximum absolute atomic E-state index is 5.66. The van der Waals surface area contributed by atoms with Crippen molar-refractivity contribution in [2.45, 2.75) is 13.1 Å². The molecule has 0 aliphatic carbocycles. The minimum atomic E-state index is 0.651. The van der Waals surface area contributed by atoms with Gasteiger partial charge in [-0.3, -0.25) is 4.90 Å². The number of piperazine rings is 1. The van der Waals surface area contributed by atoms with E-state index in [-0.39, 0.29) is 0 Å². The van der Waals surface area contributed by atoms with Crippen molar-refractivity contribution in [3.8, 4) is 0 Å². The van der Waals surface area contributed by atoms with E-state index < -0.39 is 0 Å². The van der Waals surface area contributed by atoms with E-state index in [9.17, 15) is 0 Å². The van der Waals surface area contributed by atoms with Crippen LogP contribution in [0.3, 0.4) is 0 Å². The van der Waals surface area contributed by atoms with Crippen LogP contribution in [0.5, 0.6) is 0 Å². The maximum atomic E-state index is 5.66. The SMILES string of the molecule is NCc1ccc(CN2CCN(c3ccccn3)CC2)s1. The molecule has 1 aliphatic rings. The third-order valence-electron chi connectivity index (χ3n) is 3.64. The molecule has 2 aromatic rings. The summed E-state index contributed by atoms with van der Waals surface area (Å²) in [5.74, 6) is 1.09. The molecule has 5 heteroatoms. The van der Waals surface area contributed by atoms with E-state index in [1.165, 1.54) is 9.75 Å². The molecule has 0 radical (unpaired) electrons. The predicted molar refractivity (Wildman–Crippen MR) is 83.9 cm³/mol. The Bertz CT molecular complexity index is 532.